The molecule has 0 aromatic heterocycles. The third-order valence-corrected chi connectivity index (χ3v) is 3.43. The molecule has 0 radical (unpaired) electrons. The van der Waals surface area contributed by atoms with Crippen LogP contribution in [0.3, 0.4) is 0 Å². The zero-order valence-corrected chi connectivity index (χ0v) is 13.0. The predicted octanol–water partition coefficient (Wildman–Crippen LogP) is 1.83. The Kier molecular flexibility index (Phi) is 5.19. The molecule has 2 rings (SSSR count). The molecule has 2 aromatic rings. The highest BCUT2D eigenvalue weighted by atomic mass is 16.2. The molecule has 0 atom stereocenters. The van der Waals surface area contributed by atoms with Crippen LogP contribution in [0.25, 0.3) is 0 Å². The van der Waals surface area contributed by atoms with Crippen molar-refractivity contribution in [2.45, 2.75) is 6.42 Å². The van der Waals surface area contributed by atoms with E-state index in [1.807, 2.05) is 18.2 Å². The van der Waals surface area contributed by atoms with Crippen LogP contribution in [0.5, 0.6) is 0 Å². The fourth-order valence-corrected chi connectivity index (χ4v) is 2.13. The summed E-state index contributed by atoms with van der Waals surface area (Å²) in [6, 6.07) is 14.3. The Morgan fingerprint density at radius 3 is 2.43 bits per heavy atom. The number of hydrogen-bond acceptors (Lipinski definition) is 4. The molecule has 23 heavy (non-hydrogen) atoms. The zero-order chi connectivity index (χ0) is 16.8. The molecular formula is C17H20N4O2. The molecular weight excluding hydrogens is 292 g/mol. The van der Waals surface area contributed by atoms with E-state index in [1.54, 1.807) is 42.3 Å². The number of nitrogens with two attached hydrogens (primary N) is 2. The molecule has 6 nitrogen and oxygen atoms in total. The van der Waals surface area contributed by atoms with E-state index in [1.165, 1.54) is 0 Å². The minimum atomic E-state index is -0.374. The summed E-state index contributed by atoms with van der Waals surface area (Å²) in [4.78, 5) is 24.7. The summed E-state index contributed by atoms with van der Waals surface area (Å²) in [6.45, 7) is 0.414. The van der Waals surface area contributed by atoms with Crippen molar-refractivity contribution in [3.8, 4) is 0 Å². The standard InChI is InChI=1S/C17H20N4O2/c1-21(17(23)12-5-3-2-4-6-12)13-7-8-15(14(18)11-13)20-10-9-16(19)22/h2-8,11,20H,9-10,18H2,1H3,(H2,19,22). The monoisotopic (exact) mass is 312 g/mol. The van der Waals surface area contributed by atoms with Crippen LogP contribution in [0.15, 0.2) is 48.5 Å². The molecule has 0 saturated heterocycles. The van der Waals surface area contributed by atoms with E-state index in [4.69, 9.17) is 11.5 Å². The molecule has 5 N–H and O–H groups in total. The smallest absolute Gasteiger partial charge is 0.258 e. The van der Waals surface area contributed by atoms with Crippen LogP contribution in [0, 0.1) is 0 Å². The van der Waals surface area contributed by atoms with Gasteiger partial charge >= 0.3 is 0 Å². The van der Waals surface area contributed by atoms with Crippen molar-refractivity contribution in [3.63, 3.8) is 0 Å². The van der Waals surface area contributed by atoms with Crippen LogP contribution in [-0.4, -0.2) is 25.4 Å². The molecule has 120 valence electrons. The molecule has 2 aromatic carbocycles. The maximum atomic E-state index is 12.4. The summed E-state index contributed by atoms with van der Waals surface area (Å²) in [5.41, 5.74) is 13.6. The number of nitrogens with zero attached hydrogens (tertiary/aromatic N) is 1. The van der Waals surface area contributed by atoms with Gasteiger partial charge in [-0.1, -0.05) is 18.2 Å². The second-order valence-electron chi connectivity index (χ2n) is 5.14. The van der Waals surface area contributed by atoms with Gasteiger partial charge in [-0.2, -0.15) is 0 Å². The van der Waals surface area contributed by atoms with E-state index in [0.29, 0.717) is 29.2 Å². The van der Waals surface area contributed by atoms with E-state index < -0.39 is 0 Å². The van der Waals surface area contributed by atoms with Crippen molar-refractivity contribution in [1.29, 1.82) is 0 Å². The lowest BCUT2D eigenvalue weighted by molar-refractivity contribution is -0.117. The lowest BCUT2D eigenvalue weighted by atomic mass is 10.1. The molecule has 6 heteroatoms. The first kappa shape index (κ1) is 16.4. The van der Waals surface area contributed by atoms with E-state index in [0.717, 1.165) is 0 Å². The average Bonchev–Trinajstić information content (AvgIpc) is 2.55. The second kappa shape index (κ2) is 7.31. The summed E-state index contributed by atoms with van der Waals surface area (Å²) in [7, 11) is 1.70. The topological polar surface area (TPSA) is 101 Å². The first-order chi connectivity index (χ1) is 11.0. The van der Waals surface area contributed by atoms with Crippen molar-refractivity contribution in [3.05, 3.63) is 54.1 Å². The summed E-state index contributed by atoms with van der Waals surface area (Å²) in [5, 5.41) is 3.04. The van der Waals surface area contributed by atoms with Gasteiger partial charge in [0.1, 0.15) is 0 Å². The number of carbonyl (C=O) groups is 2. The van der Waals surface area contributed by atoms with Crippen molar-refractivity contribution in [2.75, 3.05) is 29.5 Å². The minimum absolute atomic E-state index is 0.112. The van der Waals surface area contributed by atoms with Crippen molar-refractivity contribution >= 4 is 28.9 Å². The maximum absolute atomic E-state index is 12.4. The number of amides is 2. The van der Waals surface area contributed by atoms with Crippen LogP contribution >= 0.6 is 0 Å². The van der Waals surface area contributed by atoms with Crippen molar-refractivity contribution < 1.29 is 9.59 Å². The Morgan fingerprint density at radius 2 is 1.83 bits per heavy atom. The van der Waals surface area contributed by atoms with Gasteiger partial charge in [0.2, 0.25) is 5.91 Å². The fourth-order valence-electron chi connectivity index (χ4n) is 2.13. The van der Waals surface area contributed by atoms with Gasteiger partial charge in [0.15, 0.2) is 0 Å². The van der Waals surface area contributed by atoms with Crippen LogP contribution in [0.1, 0.15) is 16.8 Å². The van der Waals surface area contributed by atoms with Crippen LogP contribution in [0.2, 0.25) is 0 Å². The maximum Gasteiger partial charge on any atom is 0.258 e. The lowest BCUT2D eigenvalue weighted by Crippen LogP contribution is -2.26. The summed E-state index contributed by atoms with van der Waals surface area (Å²) in [6.07, 6.45) is 0.230. The fraction of sp³-hybridized carbons (Fsp3) is 0.176. The number of nitrogens with one attached hydrogen (secondary N) is 1. The third kappa shape index (κ3) is 4.23. The van der Waals surface area contributed by atoms with Crippen LogP contribution in [-0.2, 0) is 4.79 Å². The van der Waals surface area contributed by atoms with E-state index in [-0.39, 0.29) is 18.2 Å². The van der Waals surface area contributed by atoms with Gasteiger partial charge in [-0.05, 0) is 30.3 Å². The van der Waals surface area contributed by atoms with Crippen LogP contribution in [0.4, 0.5) is 17.1 Å². The molecule has 0 unspecified atom stereocenters. The van der Waals surface area contributed by atoms with Gasteiger partial charge < -0.3 is 21.7 Å². The Balaban J connectivity index is 2.10. The second-order valence-corrected chi connectivity index (χ2v) is 5.14. The Labute approximate surface area is 135 Å². The van der Waals surface area contributed by atoms with Gasteiger partial charge in [0, 0.05) is 31.3 Å². The van der Waals surface area contributed by atoms with Crippen LogP contribution < -0.4 is 21.7 Å². The third-order valence-electron chi connectivity index (χ3n) is 3.43. The van der Waals surface area contributed by atoms with E-state index in [2.05, 4.69) is 5.32 Å². The number of nitrogen functional groups attached to an aromatic ring is 1. The number of benzene rings is 2. The number of primary amides is 1. The molecule has 0 aliphatic heterocycles. The Bertz CT molecular complexity index is 701. The Morgan fingerprint density at radius 1 is 1.13 bits per heavy atom. The summed E-state index contributed by atoms with van der Waals surface area (Å²) >= 11 is 0. The molecule has 0 heterocycles. The molecule has 0 aliphatic carbocycles. The quantitative estimate of drug-likeness (QED) is 0.708. The van der Waals surface area contributed by atoms with Gasteiger partial charge in [0.05, 0.1) is 11.4 Å². The highest BCUT2D eigenvalue weighted by Gasteiger charge is 2.14. The number of carbonyl (C=O) groups excluding carboxylic acids is 2. The number of hydrogen-bond donors (Lipinski definition) is 3. The van der Waals surface area contributed by atoms with Gasteiger partial charge in [-0.25, -0.2) is 0 Å². The van der Waals surface area contributed by atoms with Gasteiger partial charge in [-0.15, -0.1) is 0 Å². The lowest BCUT2D eigenvalue weighted by Gasteiger charge is -2.19. The Hall–Kier alpha value is -3.02. The average molecular weight is 312 g/mol. The van der Waals surface area contributed by atoms with Gasteiger partial charge in [0.25, 0.3) is 5.91 Å². The summed E-state index contributed by atoms with van der Waals surface area (Å²) in [5.74, 6) is -0.486. The first-order valence-corrected chi connectivity index (χ1v) is 7.24. The van der Waals surface area contributed by atoms with Crippen molar-refractivity contribution in [2.24, 2.45) is 5.73 Å². The molecule has 0 fully saturated rings. The minimum Gasteiger partial charge on any atom is -0.397 e. The highest BCUT2D eigenvalue weighted by Crippen LogP contribution is 2.25. The SMILES string of the molecule is CN(C(=O)c1ccccc1)c1ccc(NCCC(N)=O)c(N)c1. The summed E-state index contributed by atoms with van der Waals surface area (Å²) < 4.78 is 0. The zero-order valence-electron chi connectivity index (χ0n) is 13.0. The molecule has 2 amide bonds. The molecule has 0 saturated carbocycles. The predicted molar refractivity (Wildman–Crippen MR) is 92.3 cm³/mol. The normalized spacial score (nSPS) is 10.1. The number of anilines is 3. The number of rotatable bonds is 6. The molecule has 0 spiro atoms. The molecule has 0 aliphatic rings. The first-order valence-electron chi connectivity index (χ1n) is 7.24. The molecule has 0 bridgehead atoms. The van der Waals surface area contributed by atoms with Gasteiger partial charge in [-0.3, -0.25) is 9.59 Å². The van der Waals surface area contributed by atoms with E-state index in [9.17, 15) is 9.59 Å². The van der Waals surface area contributed by atoms with E-state index >= 15 is 0 Å². The van der Waals surface area contributed by atoms with Crippen molar-refractivity contribution in [1.82, 2.24) is 0 Å². The highest BCUT2D eigenvalue weighted by molar-refractivity contribution is 6.06. The largest absolute Gasteiger partial charge is 0.397 e.